The van der Waals surface area contributed by atoms with E-state index in [1.54, 1.807) is 37.9 Å². The molecule has 167 valence electrons. The second kappa shape index (κ2) is 25.3. The Balaban J connectivity index is -0.000000143. The Morgan fingerprint density at radius 3 is 1.55 bits per heavy atom. The molecular weight excluding hydrogens is 429 g/mol. The number of nitrogens with zero attached hydrogens (tertiary/aromatic N) is 3. The molecule has 12 heteroatoms. The van der Waals surface area contributed by atoms with Crippen LogP contribution in [0.25, 0.3) is 5.32 Å². The smallest absolute Gasteiger partial charge is 0.687 e. The molecule has 1 aliphatic rings. The van der Waals surface area contributed by atoms with Crippen molar-refractivity contribution in [1.82, 2.24) is 11.0 Å². The summed E-state index contributed by atoms with van der Waals surface area (Å²) in [7, 11) is 1.35. The summed E-state index contributed by atoms with van der Waals surface area (Å²) >= 11 is 0. The molecule has 0 saturated heterocycles. The van der Waals surface area contributed by atoms with E-state index in [0.717, 1.165) is 6.54 Å². The van der Waals surface area contributed by atoms with Crippen molar-refractivity contribution in [2.75, 3.05) is 13.7 Å². The maximum Gasteiger partial charge on any atom is 2.00 e. The first-order chi connectivity index (χ1) is 13.2. The number of nitroso groups, excluding NO2 is 2. The largest absolute Gasteiger partial charge is 2.00 e. The van der Waals surface area contributed by atoms with E-state index in [-0.39, 0.29) is 34.1 Å². The summed E-state index contributed by atoms with van der Waals surface area (Å²) in [6, 6.07) is 0. The number of rotatable bonds is 5. The van der Waals surface area contributed by atoms with Gasteiger partial charge in [0.2, 0.25) is 0 Å². The molecule has 0 fully saturated rings. The summed E-state index contributed by atoms with van der Waals surface area (Å²) < 4.78 is 4.20. The maximum absolute atomic E-state index is 9.90. The molecular formula is C17H29CoN5O6. The van der Waals surface area contributed by atoms with Crippen molar-refractivity contribution in [2.24, 2.45) is 10.4 Å². The van der Waals surface area contributed by atoms with Crippen LogP contribution < -0.4 is 11.0 Å². The Morgan fingerprint density at radius 1 is 1.03 bits per heavy atom. The van der Waals surface area contributed by atoms with Crippen LogP contribution in [0.15, 0.2) is 57.6 Å². The third-order valence-corrected chi connectivity index (χ3v) is 2.78. The standard InChI is InChI=1S/C5H6N.2C4H8N2O2.C4H7O2.Co/c1-2-4-6-5-3-1;2*1-3(5-7)4(2)6-8;1-3-4(5)6-2;/h1-4H,5H2;2*5,7H,1-2H3;3H,1-2H3;/q-1;;;-1;+2. The summed E-state index contributed by atoms with van der Waals surface area (Å²) in [6.45, 7) is 8.60. The minimum atomic E-state index is -0.282. The predicted octanol–water partition coefficient (Wildman–Crippen LogP) is 3.79. The van der Waals surface area contributed by atoms with Crippen molar-refractivity contribution >= 4 is 5.97 Å². The van der Waals surface area contributed by atoms with Gasteiger partial charge in [0.05, 0.1) is 18.5 Å². The molecule has 0 atom stereocenters. The molecule has 1 rings (SSSR count). The van der Waals surface area contributed by atoms with Crippen LogP contribution in [0.5, 0.6) is 0 Å². The number of carbonyl (C=O) groups is 1. The molecule has 0 unspecified atom stereocenters. The molecule has 11 nitrogen and oxygen atoms in total. The Hall–Kier alpha value is -2.67. The minimum absolute atomic E-state index is 0. The molecule has 0 aliphatic carbocycles. The van der Waals surface area contributed by atoms with E-state index in [4.69, 9.17) is 10.4 Å². The second-order valence-corrected chi connectivity index (χ2v) is 4.77. The van der Waals surface area contributed by atoms with Gasteiger partial charge in [-0.3, -0.25) is 32.6 Å². The van der Waals surface area contributed by atoms with Gasteiger partial charge in [-0.1, -0.05) is 12.2 Å². The Labute approximate surface area is 181 Å². The normalized spacial score (nSPS) is 11.9. The summed E-state index contributed by atoms with van der Waals surface area (Å²) in [5.41, 5.74) is 4.87. The molecule has 1 radical (unpaired) electrons. The zero-order chi connectivity index (χ0) is 22.4. The van der Waals surface area contributed by atoms with Gasteiger partial charge in [-0.15, -0.1) is 22.4 Å². The first-order valence-electron chi connectivity index (χ1n) is 7.92. The Kier molecular flexibility index (Phi) is 29.6. The topological polar surface area (TPSA) is 164 Å². The molecule has 0 aromatic carbocycles. The Bertz CT molecular complexity index is 529. The molecule has 1 heterocycles. The van der Waals surface area contributed by atoms with Crippen molar-refractivity contribution in [3.63, 3.8) is 0 Å². The molecule has 0 bridgehead atoms. The van der Waals surface area contributed by atoms with Gasteiger partial charge in [0.25, 0.3) is 0 Å². The van der Waals surface area contributed by atoms with Crippen molar-refractivity contribution in [2.45, 2.75) is 34.6 Å². The summed E-state index contributed by atoms with van der Waals surface area (Å²) in [5.74, 6) is -0.282. The quantitative estimate of drug-likeness (QED) is 0.209. The number of hydrogen-bond acceptors (Lipinski definition) is 10. The van der Waals surface area contributed by atoms with E-state index < -0.39 is 0 Å². The van der Waals surface area contributed by atoms with Crippen molar-refractivity contribution in [3.05, 3.63) is 68.8 Å². The van der Waals surface area contributed by atoms with Gasteiger partial charge in [0.15, 0.2) is 5.97 Å². The molecule has 0 saturated carbocycles. The fourth-order valence-electron chi connectivity index (χ4n) is 0.788. The van der Waals surface area contributed by atoms with Gasteiger partial charge in [0.1, 0.15) is 11.4 Å². The number of hydrogen-bond donors (Lipinski definition) is 4. The zero-order valence-corrected chi connectivity index (χ0v) is 18.3. The van der Waals surface area contributed by atoms with E-state index in [9.17, 15) is 14.6 Å². The SMILES string of the molecule is C1=CC[N-]C=C1.CC(N=O)=C(C)NO.CC(N=O)=C(C)NO.C[CH-]C(=O)OC.[Co+2]. The number of nitrogens with one attached hydrogen (secondary N) is 2. The predicted molar refractivity (Wildman–Crippen MR) is 107 cm³/mol. The van der Waals surface area contributed by atoms with Crippen LogP contribution in [0.3, 0.4) is 0 Å². The minimum Gasteiger partial charge on any atom is -0.687 e. The van der Waals surface area contributed by atoms with Crippen molar-refractivity contribution < 1.29 is 36.7 Å². The molecule has 0 aromatic heterocycles. The third kappa shape index (κ3) is 25.3. The van der Waals surface area contributed by atoms with Gasteiger partial charge in [-0.2, -0.15) is 13.1 Å². The monoisotopic (exact) mass is 458 g/mol. The van der Waals surface area contributed by atoms with Crippen LogP contribution in [0, 0.1) is 16.2 Å². The van der Waals surface area contributed by atoms with Crippen LogP contribution in [0.1, 0.15) is 34.6 Å². The summed E-state index contributed by atoms with van der Waals surface area (Å²) in [4.78, 5) is 29.2. The van der Waals surface area contributed by atoms with Gasteiger partial charge in [-0.25, -0.2) is 0 Å². The number of hydroxylamine groups is 2. The third-order valence-electron chi connectivity index (χ3n) is 2.78. The number of carbonyl (C=O) groups excluding carboxylic acids is 1. The summed E-state index contributed by atoms with van der Waals surface area (Å²) in [5, 5.41) is 25.3. The average molecular weight is 458 g/mol. The van der Waals surface area contributed by atoms with E-state index in [1.165, 1.54) is 27.4 Å². The molecule has 1 aliphatic heterocycles. The molecule has 0 spiro atoms. The molecule has 0 aromatic rings. The molecule has 29 heavy (non-hydrogen) atoms. The van der Waals surface area contributed by atoms with E-state index >= 15 is 0 Å². The maximum atomic E-state index is 9.90. The fourth-order valence-corrected chi connectivity index (χ4v) is 0.788. The first kappa shape index (κ1) is 33.9. The first-order valence-corrected chi connectivity index (χ1v) is 7.92. The van der Waals surface area contributed by atoms with Gasteiger partial charge in [0, 0.05) is 0 Å². The van der Waals surface area contributed by atoms with Crippen LogP contribution in [0.2, 0.25) is 0 Å². The number of ether oxygens (including phenoxy) is 1. The van der Waals surface area contributed by atoms with Crippen LogP contribution in [-0.4, -0.2) is 30.0 Å². The van der Waals surface area contributed by atoms with Crippen molar-refractivity contribution in [3.8, 4) is 0 Å². The summed E-state index contributed by atoms with van der Waals surface area (Å²) in [6.07, 6.45) is 9.09. The van der Waals surface area contributed by atoms with Crippen molar-refractivity contribution in [1.29, 1.82) is 0 Å². The van der Waals surface area contributed by atoms with Gasteiger partial charge < -0.3 is 10.1 Å². The molecule has 0 amide bonds. The van der Waals surface area contributed by atoms with E-state index in [1.807, 2.05) is 18.2 Å². The van der Waals surface area contributed by atoms with Gasteiger partial charge in [-0.05, 0) is 38.0 Å². The number of methoxy groups -OCH3 is 1. The zero-order valence-electron chi connectivity index (χ0n) is 17.3. The van der Waals surface area contributed by atoms with Crippen LogP contribution in [-0.2, 0) is 26.3 Å². The van der Waals surface area contributed by atoms with E-state index in [2.05, 4.69) is 20.4 Å². The second-order valence-electron chi connectivity index (χ2n) is 4.77. The fraction of sp³-hybridized carbons (Fsp3) is 0.412. The number of esters is 1. The number of allylic oxidation sites excluding steroid dienone is 6. The Morgan fingerprint density at radius 2 is 1.48 bits per heavy atom. The molecule has 4 N–H and O–H groups in total. The van der Waals surface area contributed by atoms with Gasteiger partial charge >= 0.3 is 16.8 Å². The van der Waals surface area contributed by atoms with E-state index in [0.29, 0.717) is 11.4 Å². The van der Waals surface area contributed by atoms with Crippen LogP contribution >= 0.6 is 0 Å². The average Bonchev–Trinajstić information content (AvgIpc) is 2.78. The van der Waals surface area contributed by atoms with Crippen LogP contribution in [0.4, 0.5) is 0 Å².